The maximum absolute atomic E-state index is 14.0. The summed E-state index contributed by atoms with van der Waals surface area (Å²) in [5.74, 6) is -2.12. The molecule has 106 valence electrons. The molecule has 1 rings (SSSR count). The average Bonchev–Trinajstić information content (AvgIpc) is 2.43. The quantitative estimate of drug-likeness (QED) is 0.588. The first-order chi connectivity index (χ1) is 8.99. The minimum Gasteiger partial charge on any atom is -0.469 e. The molecule has 0 aliphatic heterocycles. The number of carbonyl (C=O) groups excluding carboxylic acids is 1. The lowest BCUT2D eigenvalue weighted by Crippen LogP contribution is -2.33. The zero-order valence-corrected chi connectivity index (χ0v) is 11.7. The minimum atomic E-state index is -1.29. The fraction of sp³-hybridized carbons (Fsp3) is 0.500. The van der Waals surface area contributed by atoms with Gasteiger partial charge in [0.2, 0.25) is 0 Å². The van der Waals surface area contributed by atoms with E-state index in [4.69, 9.17) is 9.47 Å². The van der Waals surface area contributed by atoms with Crippen LogP contribution in [0.2, 0.25) is 0 Å². The third-order valence-electron chi connectivity index (χ3n) is 3.08. The van der Waals surface area contributed by atoms with Crippen LogP contribution < -0.4 is 0 Å². The van der Waals surface area contributed by atoms with Crippen LogP contribution in [0.1, 0.15) is 24.0 Å². The number of carbonyl (C=O) groups is 1. The Bertz CT molecular complexity index is 441. The van der Waals surface area contributed by atoms with Crippen LogP contribution in [-0.4, -0.2) is 27.3 Å². The van der Waals surface area contributed by atoms with Gasteiger partial charge < -0.3 is 14.2 Å². The second-order valence-electron chi connectivity index (χ2n) is 4.22. The lowest BCUT2D eigenvalue weighted by atomic mass is 9.98. The van der Waals surface area contributed by atoms with Crippen molar-refractivity contribution in [2.45, 2.75) is 25.6 Å². The largest absolute Gasteiger partial charge is 0.469 e. The van der Waals surface area contributed by atoms with Crippen LogP contribution in [0.4, 0.5) is 4.39 Å². The Labute approximate surface area is 112 Å². The third kappa shape index (κ3) is 3.52. The maximum Gasteiger partial charge on any atom is 0.305 e. The average molecular weight is 270 g/mol. The summed E-state index contributed by atoms with van der Waals surface area (Å²) in [4.78, 5) is 11.2. The second kappa shape index (κ2) is 6.63. The van der Waals surface area contributed by atoms with Crippen molar-refractivity contribution in [2.75, 3.05) is 21.3 Å². The molecule has 0 radical (unpaired) electrons. The summed E-state index contributed by atoms with van der Waals surface area (Å²) < 4.78 is 29.2. The molecule has 0 bridgehead atoms. The summed E-state index contributed by atoms with van der Waals surface area (Å²) in [7, 11) is 4.14. The van der Waals surface area contributed by atoms with Gasteiger partial charge in [0.05, 0.1) is 13.5 Å². The molecule has 0 saturated heterocycles. The van der Waals surface area contributed by atoms with E-state index in [-0.39, 0.29) is 18.4 Å². The molecule has 1 aromatic rings. The number of benzene rings is 1. The van der Waals surface area contributed by atoms with Gasteiger partial charge in [0.15, 0.2) is 5.79 Å². The first-order valence-electron chi connectivity index (χ1n) is 5.93. The molecule has 0 N–H and O–H groups in total. The van der Waals surface area contributed by atoms with Gasteiger partial charge in [-0.05, 0) is 19.1 Å². The number of methoxy groups -OCH3 is 3. The Morgan fingerprint density at radius 1 is 1.26 bits per heavy atom. The molecule has 0 fully saturated rings. The van der Waals surface area contributed by atoms with E-state index in [1.807, 2.05) is 6.92 Å². The van der Waals surface area contributed by atoms with E-state index in [1.54, 1.807) is 12.1 Å². The molecule has 0 spiro atoms. The Hall–Kier alpha value is -1.46. The van der Waals surface area contributed by atoms with E-state index in [2.05, 4.69) is 4.74 Å². The molecular formula is C14H19FO4. The second-order valence-corrected chi connectivity index (χ2v) is 4.22. The molecule has 4 nitrogen and oxygen atoms in total. The number of ether oxygens (including phenoxy) is 3. The molecule has 0 aliphatic rings. The van der Waals surface area contributed by atoms with Crippen LogP contribution in [0.25, 0.3) is 0 Å². The highest BCUT2D eigenvalue weighted by atomic mass is 19.1. The number of rotatable bonds is 6. The van der Waals surface area contributed by atoms with Crippen molar-refractivity contribution in [1.29, 1.82) is 0 Å². The van der Waals surface area contributed by atoms with Gasteiger partial charge in [-0.1, -0.05) is 11.6 Å². The van der Waals surface area contributed by atoms with Crippen LogP contribution in [0.15, 0.2) is 18.2 Å². The zero-order chi connectivity index (χ0) is 14.5. The summed E-state index contributed by atoms with van der Waals surface area (Å²) in [6, 6.07) is 4.67. The lowest BCUT2D eigenvalue weighted by molar-refractivity contribution is -0.223. The zero-order valence-electron chi connectivity index (χ0n) is 11.7. The van der Waals surface area contributed by atoms with Gasteiger partial charge in [0, 0.05) is 26.2 Å². The van der Waals surface area contributed by atoms with Crippen molar-refractivity contribution in [2.24, 2.45) is 0 Å². The summed E-state index contributed by atoms with van der Waals surface area (Å²) in [6.45, 7) is 1.85. The van der Waals surface area contributed by atoms with Crippen LogP contribution >= 0.6 is 0 Å². The van der Waals surface area contributed by atoms with E-state index >= 15 is 0 Å². The van der Waals surface area contributed by atoms with Crippen LogP contribution in [0.5, 0.6) is 0 Å². The van der Waals surface area contributed by atoms with Crippen molar-refractivity contribution >= 4 is 5.97 Å². The lowest BCUT2D eigenvalue weighted by Gasteiger charge is -2.31. The number of halogens is 1. The predicted molar refractivity (Wildman–Crippen MR) is 68.1 cm³/mol. The van der Waals surface area contributed by atoms with Gasteiger partial charge in [-0.25, -0.2) is 4.39 Å². The first kappa shape index (κ1) is 15.6. The van der Waals surface area contributed by atoms with Gasteiger partial charge in [0.25, 0.3) is 0 Å². The van der Waals surface area contributed by atoms with Crippen LogP contribution in [0.3, 0.4) is 0 Å². The van der Waals surface area contributed by atoms with Gasteiger partial charge >= 0.3 is 5.97 Å². The number of aryl methyl sites for hydroxylation is 1. The topological polar surface area (TPSA) is 44.8 Å². The Morgan fingerprint density at radius 2 is 1.89 bits per heavy atom. The fourth-order valence-corrected chi connectivity index (χ4v) is 1.94. The summed E-state index contributed by atoms with van der Waals surface area (Å²) >= 11 is 0. The van der Waals surface area contributed by atoms with Crippen molar-refractivity contribution in [3.63, 3.8) is 0 Å². The molecule has 5 heteroatoms. The summed E-state index contributed by atoms with van der Waals surface area (Å²) in [5.41, 5.74) is 1.16. The number of hydrogen-bond acceptors (Lipinski definition) is 4. The molecule has 0 unspecified atom stereocenters. The molecule has 0 amide bonds. The highest BCUT2D eigenvalue weighted by molar-refractivity contribution is 5.69. The van der Waals surface area contributed by atoms with Crippen LogP contribution in [-0.2, 0) is 24.8 Å². The number of hydrogen-bond donors (Lipinski definition) is 0. The summed E-state index contributed by atoms with van der Waals surface area (Å²) in [5, 5.41) is 0. The van der Waals surface area contributed by atoms with E-state index < -0.39 is 17.6 Å². The highest BCUT2D eigenvalue weighted by Crippen LogP contribution is 2.33. The molecule has 1 aromatic carbocycles. The molecule has 0 saturated carbocycles. The van der Waals surface area contributed by atoms with Gasteiger partial charge in [-0.2, -0.15) is 0 Å². The summed E-state index contributed by atoms with van der Waals surface area (Å²) in [6.07, 6.45) is 0.249. The smallest absolute Gasteiger partial charge is 0.305 e. The maximum atomic E-state index is 14.0. The van der Waals surface area contributed by atoms with Gasteiger partial charge in [0.1, 0.15) is 5.82 Å². The molecule has 0 aliphatic carbocycles. The van der Waals surface area contributed by atoms with Crippen molar-refractivity contribution in [3.05, 3.63) is 35.1 Å². The Balaban J connectivity index is 3.10. The predicted octanol–water partition coefficient (Wildman–Crippen LogP) is 2.53. The molecule has 0 atom stereocenters. The van der Waals surface area contributed by atoms with Gasteiger partial charge in [-0.15, -0.1) is 0 Å². The standard InChI is InChI=1S/C14H19FO4/c1-10-5-6-12(15)11(9-10)14(18-3,19-4)8-7-13(16)17-2/h5-6,9H,7-8H2,1-4H3. The van der Waals surface area contributed by atoms with E-state index in [1.165, 1.54) is 27.4 Å². The van der Waals surface area contributed by atoms with Crippen molar-refractivity contribution in [1.82, 2.24) is 0 Å². The van der Waals surface area contributed by atoms with Crippen molar-refractivity contribution in [3.8, 4) is 0 Å². The molecule has 0 heterocycles. The molecule has 0 aromatic heterocycles. The molecular weight excluding hydrogens is 251 g/mol. The normalized spacial score (nSPS) is 11.4. The van der Waals surface area contributed by atoms with Crippen LogP contribution in [0, 0.1) is 12.7 Å². The number of esters is 1. The highest BCUT2D eigenvalue weighted by Gasteiger charge is 2.35. The van der Waals surface area contributed by atoms with E-state index in [9.17, 15) is 9.18 Å². The third-order valence-corrected chi connectivity index (χ3v) is 3.08. The van der Waals surface area contributed by atoms with Crippen molar-refractivity contribution < 1.29 is 23.4 Å². The first-order valence-corrected chi connectivity index (χ1v) is 5.93. The molecule has 19 heavy (non-hydrogen) atoms. The monoisotopic (exact) mass is 270 g/mol. The Morgan fingerprint density at radius 3 is 2.42 bits per heavy atom. The van der Waals surface area contributed by atoms with E-state index in [0.717, 1.165) is 5.56 Å². The van der Waals surface area contributed by atoms with Gasteiger partial charge in [-0.3, -0.25) is 4.79 Å². The Kier molecular flexibility index (Phi) is 5.44. The van der Waals surface area contributed by atoms with E-state index in [0.29, 0.717) is 0 Å². The fourth-order valence-electron chi connectivity index (χ4n) is 1.94. The minimum absolute atomic E-state index is 0.0750. The SMILES string of the molecule is COC(=O)CCC(OC)(OC)c1cc(C)ccc1F.